The van der Waals surface area contributed by atoms with E-state index in [1.807, 2.05) is 0 Å². The van der Waals surface area contributed by atoms with Crippen molar-refractivity contribution in [3.8, 4) is 0 Å². The first kappa shape index (κ1) is 14.7. The van der Waals surface area contributed by atoms with Crippen LogP contribution in [0.1, 0.15) is 51.9 Å². The van der Waals surface area contributed by atoms with E-state index in [1.54, 1.807) is 0 Å². The standard InChI is InChI=1S/C13H26N2OS/c1-2-3-4-5-6-9-14-13(17)15-11-12-8-7-10-16-12/h12H,2-11H2,1H3,(H2,14,15,17). The van der Waals surface area contributed by atoms with Crippen LogP contribution < -0.4 is 10.6 Å². The Hall–Kier alpha value is -0.350. The second-order valence-corrected chi connectivity index (χ2v) is 5.09. The van der Waals surface area contributed by atoms with Crippen LogP contribution >= 0.6 is 12.2 Å². The molecule has 1 unspecified atom stereocenters. The third kappa shape index (κ3) is 7.55. The van der Waals surface area contributed by atoms with Crippen LogP contribution in [-0.4, -0.2) is 30.9 Å². The van der Waals surface area contributed by atoms with Gasteiger partial charge in [0.05, 0.1) is 6.10 Å². The van der Waals surface area contributed by atoms with Crippen LogP contribution in [0.5, 0.6) is 0 Å². The van der Waals surface area contributed by atoms with E-state index in [9.17, 15) is 0 Å². The Morgan fingerprint density at radius 2 is 2.06 bits per heavy atom. The van der Waals surface area contributed by atoms with Gasteiger partial charge in [-0.05, 0) is 31.5 Å². The first-order valence-electron chi connectivity index (χ1n) is 6.96. The maximum Gasteiger partial charge on any atom is 0.166 e. The number of hydrogen-bond acceptors (Lipinski definition) is 2. The third-order valence-corrected chi connectivity index (χ3v) is 3.37. The summed E-state index contributed by atoms with van der Waals surface area (Å²) in [6.45, 7) is 4.98. The molecule has 0 aromatic rings. The van der Waals surface area contributed by atoms with E-state index in [2.05, 4.69) is 17.6 Å². The van der Waals surface area contributed by atoms with Gasteiger partial charge in [-0.3, -0.25) is 0 Å². The lowest BCUT2D eigenvalue weighted by Crippen LogP contribution is -2.39. The van der Waals surface area contributed by atoms with Crippen molar-refractivity contribution in [1.82, 2.24) is 10.6 Å². The average molecular weight is 258 g/mol. The van der Waals surface area contributed by atoms with Gasteiger partial charge in [-0.2, -0.15) is 0 Å². The summed E-state index contributed by atoms with van der Waals surface area (Å²) < 4.78 is 5.52. The zero-order valence-electron chi connectivity index (χ0n) is 11.0. The normalized spacial score (nSPS) is 19.2. The van der Waals surface area contributed by atoms with Gasteiger partial charge in [-0.15, -0.1) is 0 Å². The molecule has 0 bridgehead atoms. The van der Waals surface area contributed by atoms with Crippen LogP contribution in [-0.2, 0) is 4.74 Å². The average Bonchev–Trinajstić information content (AvgIpc) is 2.84. The van der Waals surface area contributed by atoms with Gasteiger partial charge in [-0.25, -0.2) is 0 Å². The Labute approximate surface area is 111 Å². The Morgan fingerprint density at radius 1 is 1.24 bits per heavy atom. The summed E-state index contributed by atoms with van der Waals surface area (Å²) >= 11 is 5.21. The summed E-state index contributed by atoms with van der Waals surface area (Å²) in [7, 11) is 0. The SMILES string of the molecule is CCCCCCCNC(=S)NCC1CCCO1. The van der Waals surface area contributed by atoms with Crippen molar-refractivity contribution in [2.24, 2.45) is 0 Å². The van der Waals surface area contributed by atoms with Crippen molar-refractivity contribution in [2.75, 3.05) is 19.7 Å². The molecular formula is C13H26N2OS. The quantitative estimate of drug-likeness (QED) is 0.518. The van der Waals surface area contributed by atoms with Crippen LogP contribution in [0.4, 0.5) is 0 Å². The highest BCUT2D eigenvalue weighted by Gasteiger charge is 2.14. The van der Waals surface area contributed by atoms with E-state index in [4.69, 9.17) is 17.0 Å². The lowest BCUT2D eigenvalue weighted by atomic mass is 10.1. The number of thiocarbonyl (C=S) groups is 1. The van der Waals surface area contributed by atoms with Crippen molar-refractivity contribution < 1.29 is 4.74 Å². The molecule has 0 aromatic carbocycles. The van der Waals surface area contributed by atoms with Crippen LogP contribution in [0.25, 0.3) is 0 Å². The number of unbranched alkanes of at least 4 members (excludes halogenated alkanes) is 4. The highest BCUT2D eigenvalue weighted by molar-refractivity contribution is 7.80. The molecule has 4 heteroatoms. The minimum atomic E-state index is 0.360. The molecule has 0 saturated carbocycles. The highest BCUT2D eigenvalue weighted by Crippen LogP contribution is 2.10. The fraction of sp³-hybridized carbons (Fsp3) is 0.923. The molecule has 1 aliphatic rings. The van der Waals surface area contributed by atoms with Crippen molar-refractivity contribution in [2.45, 2.75) is 58.0 Å². The van der Waals surface area contributed by atoms with Gasteiger partial charge in [0.15, 0.2) is 5.11 Å². The van der Waals surface area contributed by atoms with Crippen molar-refractivity contribution in [1.29, 1.82) is 0 Å². The molecule has 0 aliphatic carbocycles. The molecule has 1 aliphatic heterocycles. The predicted octanol–water partition coefficient (Wildman–Crippen LogP) is 2.60. The van der Waals surface area contributed by atoms with Crippen LogP contribution in [0.3, 0.4) is 0 Å². The lowest BCUT2D eigenvalue weighted by Gasteiger charge is -2.13. The van der Waals surface area contributed by atoms with Crippen LogP contribution in [0.2, 0.25) is 0 Å². The summed E-state index contributed by atoms with van der Waals surface area (Å²) in [4.78, 5) is 0. The largest absolute Gasteiger partial charge is 0.376 e. The second-order valence-electron chi connectivity index (χ2n) is 4.69. The fourth-order valence-corrected chi connectivity index (χ4v) is 2.19. The molecule has 1 saturated heterocycles. The van der Waals surface area contributed by atoms with Gasteiger partial charge in [0.2, 0.25) is 0 Å². The van der Waals surface area contributed by atoms with Gasteiger partial charge in [0.25, 0.3) is 0 Å². The van der Waals surface area contributed by atoms with Gasteiger partial charge < -0.3 is 15.4 Å². The molecule has 0 amide bonds. The third-order valence-electron chi connectivity index (χ3n) is 3.08. The van der Waals surface area contributed by atoms with Crippen molar-refractivity contribution in [3.05, 3.63) is 0 Å². The molecule has 100 valence electrons. The summed E-state index contributed by atoms with van der Waals surface area (Å²) in [6.07, 6.45) is 9.21. The number of ether oxygens (including phenoxy) is 1. The van der Waals surface area contributed by atoms with Gasteiger partial charge in [-0.1, -0.05) is 32.6 Å². The van der Waals surface area contributed by atoms with E-state index >= 15 is 0 Å². The summed E-state index contributed by atoms with van der Waals surface area (Å²) in [5.41, 5.74) is 0. The fourth-order valence-electron chi connectivity index (χ4n) is 2.00. The topological polar surface area (TPSA) is 33.3 Å². The summed E-state index contributed by atoms with van der Waals surface area (Å²) in [5.74, 6) is 0. The van der Waals surface area contributed by atoms with Crippen molar-refractivity contribution in [3.63, 3.8) is 0 Å². The molecular weight excluding hydrogens is 232 g/mol. The minimum Gasteiger partial charge on any atom is -0.376 e. The van der Waals surface area contributed by atoms with Crippen LogP contribution in [0, 0.1) is 0 Å². The zero-order valence-corrected chi connectivity index (χ0v) is 11.8. The van der Waals surface area contributed by atoms with Crippen molar-refractivity contribution >= 4 is 17.3 Å². The second kappa shape index (κ2) is 9.66. The molecule has 0 radical (unpaired) electrons. The molecule has 1 atom stereocenters. The first-order valence-corrected chi connectivity index (χ1v) is 7.37. The van der Waals surface area contributed by atoms with Gasteiger partial charge in [0.1, 0.15) is 0 Å². The van der Waals surface area contributed by atoms with E-state index in [1.165, 1.54) is 38.5 Å². The van der Waals surface area contributed by atoms with E-state index in [0.717, 1.165) is 31.2 Å². The molecule has 0 aromatic heterocycles. The summed E-state index contributed by atoms with van der Waals surface area (Å²) in [6, 6.07) is 0. The first-order chi connectivity index (χ1) is 8.33. The minimum absolute atomic E-state index is 0.360. The number of nitrogens with one attached hydrogen (secondary N) is 2. The molecule has 3 nitrogen and oxygen atoms in total. The molecule has 2 N–H and O–H groups in total. The lowest BCUT2D eigenvalue weighted by molar-refractivity contribution is 0.114. The van der Waals surface area contributed by atoms with E-state index in [0.29, 0.717) is 6.10 Å². The maximum absolute atomic E-state index is 5.52. The van der Waals surface area contributed by atoms with Gasteiger partial charge in [0, 0.05) is 19.7 Å². The van der Waals surface area contributed by atoms with E-state index in [-0.39, 0.29) is 0 Å². The molecule has 1 heterocycles. The monoisotopic (exact) mass is 258 g/mol. The zero-order chi connectivity index (χ0) is 12.3. The Balaban J connectivity index is 1.87. The van der Waals surface area contributed by atoms with Crippen LogP contribution in [0.15, 0.2) is 0 Å². The number of rotatable bonds is 8. The molecule has 17 heavy (non-hydrogen) atoms. The molecule has 0 spiro atoms. The Kier molecular flexibility index (Phi) is 8.36. The molecule has 1 fully saturated rings. The summed E-state index contributed by atoms with van der Waals surface area (Å²) in [5, 5.41) is 7.24. The Morgan fingerprint density at radius 3 is 2.76 bits per heavy atom. The Bertz CT molecular complexity index is 206. The smallest absolute Gasteiger partial charge is 0.166 e. The number of hydrogen-bond donors (Lipinski definition) is 2. The maximum atomic E-state index is 5.52. The van der Waals surface area contributed by atoms with Gasteiger partial charge >= 0.3 is 0 Å². The highest BCUT2D eigenvalue weighted by atomic mass is 32.1. The molecule has 1 rings (SSSR count). The van der Waals surface area contributed by atoms with E-state index < -0.39 is 0 Å². The predicted molar refractivity (Wildman–Crippen MR) is 76.3 cm³/mol.